The Bertz CT molecular complexity index is 654. The quantitative estimate of drug-likeness (QED) is 0.670. The molecule has 0 radical (unpaired) electrons. The van der Waals surface area contributed by atoms with Crippen molar-refractivity contribution in [3.8, 4) is 11.5 Å². The second kappa shape index (κ2) is 6.37. The van der Waals surface area contributed by atoms with Crippen molar-refractivity contribution >= 4 is 17.4 Å². The van der Waals surface area contributed by atoms with E-state index in [9.17, 15) is 0 Å². The van der Waals surface area contributed by atoms with Crippen LogP contribution in [0, 0.1) is 0 Å². The molecule has 0 aromatic heterocycles. The molecule has 0 bridgehead atoms. The highest BCUT2D eigenvalue weighted by molar-refractivity contribution is 7.99. The van der Waals surface area contributed by atoms with Gasteiger partial charge in [-0.1, -0.05) is 48.2 Å². The molecule has 0 unspecified atom stereocenters. The molecule has 0 fully saturated rings. The average molecular weight is 293 g/mol. The standard InChI is InChI=1S/C18H15NOS/c19-14-11-16(20-15-7-3-1-4-8-15)13-18(12-14)21-17-9-5-2-6-10-17/h1-13H,19H2. The van der Waals surface area contributed by atoms with Gasteiger partial charge in [0, 0.05) is 21.5 Å². The molecule has 0 aliphatic heterocycles. The third kappa shape index (κ3) is 3.80. The smallest absolute Gasteiger partial charge is 0.130 e. The van der Waals surface area contributed by atoms with Crippen LogP contribution in [0.5, 0.6) is 11.5 Å². The van der Waals surface area contributed by atoms with Gasteiger partial charge in [-0.15, -0.1) is 0 Å². The van der Waals surface area contributed by atoms with Gasteiger partial charge in [-0.25, -0.2) is 0 Å². The zero-order chi connectivity index (χ0) is 14.5. The Hall–Kier alpha value is -2.39. The van der Waals surface area contributed by atoms with Crippen LogP contribution in [0.3, 0.4) is 0 Å². The second-order valence-electron chi connectivity index (χ2n) is 4.57. The molecule has 104 valence electrons. The van der Waals surface area contributed by atoms with Gasteiger partial charge in [0.15, 0.2) is 0 Å². The van der Waals surface area contributed by atoms with E-state index in [1.165, 1.54) is 4.90 Å². The second-order valence-corrected chi connectivity index (χ2v) is 5.71. The molecule has 0 aliphatic carbocycles. The first kappa shape index (κ1) is 13.6. The van der Waals surface area contributed by atoms with Crippen molar-refractivity contribution in [1.82, 2.24) is 0 Å². The van der Waals surface area contributed by atoms with Crippen LogP contribution < -0.4 is 10.5 Å². The highest BCUT2D eigenvalue weighted by Crippen LogP contribution is 2.33. The average Bonchev–Trinajstić information content (AvgIpc) is 2.48. The molecule has 0 saturated carbocycles. The van der Waals surface area contributed by atoms with Crippen LogP contribution in [0.1, 0.15) is 0 Å². The lowest BCUT2D eigenvalue weighted by Gasteiger charge is -2.09. The van der Waals surface area contributed by atoms with Crippen molar-refractivity contribution in [3.63, 3.8) is 0 Å². The van der Waals surface area contributed by atoms with E-state index < -0.39 is 0 Å². The fraction of sp³-hybridized carbons (Fsp3) is 0. The van der Waals surface area contributed by atoms with Crippen molar-refractivity contribution in [2.45, 2.75) is 9.79 Å². The number of para-hydroxylation sites is 1. The number of benzene rings is 3. The maximum Gasteiger partial charge on any atom is 0.130 e. The van der Waals surface area contributed by atoms with Crippen LogP contribution in [0.15, 0.2) is 88.7 Å². The summed E-state index contributed by atoms with van der Waals surface area (Å²) in [6.07, 6.45) is 0. The molecule has 2 N–H and O–H groups in total. The summed E-state index contributed by atoms with van der Waals surface area (Å²) in [5.74, 6) is 1.55. The molecule has 0 saturated heterocycles. The van der Waals surface area contributed by atoms with Crippen LogP contribution in [-0.2, 0) is 0 Å². The van der Waals surface area contributed by atoms with Crippen molar-refractivity contribution < 1.29 is 4.74 Å². The zero-order valence-electron chi connectivity index (χ0n) is 11.4. The third-order valence-corrected chi connectivity index (χ3v) is 3.84. The molecule has 3 rings (SSSR count). The maximum absolute atomic E-state index is 5.97. The van der Waals surface area contributed by atoms with E-state index in [2.05, 4.69) is 12.1 Å². The van der Waals surface area contributed by atoms with Crippen LogP contribution in [0.4, 0.5) is 5.69 Å². The maximum atomic E-state index is 5.97. The Labute approximate surface area is 128 Å². The molecule has 0 amide bonds. The molecular weight excluding hydrogens is 278 g/mol. The molecule has 3 heteroatoms. The van der Waals surface area contributed by atoms with E-state index in [0.717, 1.165) is 16.4 Å². The van der Waals surface area contributed by atoms with E-state index in [-0.39, 0.29) is 0 Å². The molecule has 0 aliphatic rings. The SMILES string of the molecule is Nc1cc(Oc2ccccc2)cc(Sc2ccccc2)c1. The highest BCUT2D eigenvalue weighted by Gasteiger charge is 2.03. The fourth-order valence-corrected chi connectivity index (χ4v) is 2.90. The van der Waals surface area contributed by atoms with Crippen LogP contribution in [-0.4, -0.2) is 0 Å². The Balaban J connectivity index is 1.83. The number of hydrogen-bond donors (Lipinski definition) is 1. The van der Waals surface area contributed by atoms with Gasteiger partial charge in [-0.05, 0) is 36.4 Å². The van der Waals surface area contributed by atoms with Gasteiger partial charge in [0.05, 0.1) is 0 Å². The number of nitrogen functional groups attached to an aromatic ring is 1. The Kier molecular flexibility index (Phi) is 4.12. The predicted octanol–water partition coefficient (Wildman–Crippen LogP) is 5.21. The minimum absolute atomic E-state index is 0.696. The Morgan fingerprint density at radius 1 is 0.667 bits per heavy atom. The van der Waals surface area contributed by atoms with E-state index >= 15 is 0 Å². The van der Waals surface area contributed by atoms with Gasteiger partial charge in [0.25, 0.3) is 0 Å². The van der Waals surface area contributed by atoms with Gasteiger partial charge in [-0.2, -0.15) is 0 Å². The molecule has 3 aromatic rings. The lowest BCUT2D eigenvalue weighted by molar-refractivity contribution is 0.481. The largest absolute Gasteiger partial charge is 0.457 e. The van der Waals surface area contributed by atoms with Crippen molar-refractivity contribution in [1.29, 1.82) is 0 Å². The Morgan fingerprint density at radius 2 is 1.33 bits per heavy atom. The molecule has 0 spiro atoms. The summed E-state index contributed by atoms with van der Waals surface area (Å²) < 4.78 is 5.84. The summed E-state index contributed by atoms with van der Waals surface area (Å²) in [5.41, 5.74) is 6.67. The first-order valence-electron chi connectivity index (χ1n) is 6.66. The molecule has 21 heavy (non-hydrogen) atoms. The van der Waals surface area contributed by atoms with Crippen LogP contribution in [0.2, 0.25) is 0 Å². The van der Waals surface area contributed by atoms with E-state index in [4.69, 9.17) is 10.5 Å². The monoisotopic (exact) mass is 293 g/mol. The number of rotatable bonds is 4. The summed E-state index contributed by atoms with van der Waals surface area (Å²) in [5, 5.41) is 0. The molecule has 3 aromatic carbocycles. The van der Waals surface area contributed by atoms with E-state index in [1.807, 2.05) is 66.7 Å². The molecular formula is C18H15NOS. The number of nitrogens with two attached hydrogens (primary N) is 1. The summed E-state index contributed by atoms with van der Waals surface area (Å²) in [4.78, 5) is 2.24. The van der Waals surface area contributed by atoms with Gasteiger partial charge in [-0.3, -0.25) is 0 Å². The minimum Gasteiger partial charge on any atom is -0.457 e. The van der Waals surface area contributed by atoms with E-state index in [0.29, 0.717) is 5.69 Å². The van der Waals surface area contributed by atoms with Crippen LogP contribution >= 0.6 is 11.8 Å². The Morgan fingerprint density at radius 3 is 2.05 bits per heavy atom. The number of ether oxygens (including phenoxy) is 1. The summed E-state index contributed by atoms with van der Waals surface area (Å²) >= 11 is 1.67. The lowest BCUT2D eigenvalue weighted by Crippen LogP contribution is -1.89. The van der Waals surface area contributed by atoms with Gasteiger partial charge in [0.1, 0.15) is 11.5 Å². The van der Waals surface area contributed by atoms with Crippen molar-refractivity contribution in [2.24, 2.45) is 0 Å². The van der Waals surface area contributed by atoms with Gasteiger partial charge >= 0.3 is 0 Å². The lowest BCUT2D eigenvalue weighted by atomic mass is 10.3. The number of anilines is 1. The summed E-state index contributed by atoms with van der Waals surface area (Å²) in [6, 6.07) is 25.7. The zero-order valence-corrected chi connectivity index (χ0v) is 12.2. The molecule has 0 heterocycles. The molecule has 0 atom stereocenters. The topological polar surface area (TPSA) is 35.2 Å². The minimum atomic E-state index is 0.696. The van der Waals surface area contributed by atoms with Gasteiger partial charge < -0.3 is 10.5 Å². The van der Waals surface area contributed by atoms with Crippen molar-refractivity contribution in [2.75, 3.05) is 5.73 Å². The van der Waals surface area contributed by atoms with E-state index in [1.54, 1.807) is 11.8 Å². The van der Waals surface area contributed by atoms with Crippen molar-refractivity contribution in [3.05, 3.63) is 78.9 Å². The normalized spacial score (nSPS) is 10.3. The molecule has 2 nitrogen and oxygen atoms in total. The first-order chi connectivity index (χ1) is 10.3. The fourth-order valence-electron chi connectivity index (χ4n) is 1.96. The third-order valence-electron chi connectivity index (χ3n) is 2.86. The highest BCUT2D eigenvalue weighted by atomic mass is 32.2. The summed E-state index contributed by atoms with van der Waals surface area (Å²) in [7, 11) is 0. The van der Waals surface area contributed by atoms with Crippen LogP contribution in [0.25, 0.3) is 0 Å². The summed E-state index contributed by atoms with van der Waals surface area (Å²) in [6.45, 7) is 0. The first-order valence-corrected chi connectivity index (χ1v) is 7.48. The predicted molar refractivity (Wildman–Crippen MR) is 87.9 cm³/mol. The number of hydrogen-bond acceptors (Lipinski definition) is 3. The van der Waals surface area contributed by atoms with Gasteiger partial charge in [0.2, 0.25) is 0 Å².